The number of amides is 2. The van der Waals surface area contributed by atoms with Crippen LogP contribution in [-0.4, -0.2) is 55.6 Å². The quantitative estimate of drug-likeness (QED) is 0.405. The number of aliphatic hydroxyl groups excluding tert-OH is 1. The van der Waals surface area contributed by atoms with Gasteiger partial charge in [-0.05, 0) is 32.1 Å². The van der Waals surface area contributed by atoms with E-state index in [0.717, 1.165) is 44.9 Å². The maximum Gasteiger partial charge on any atom is 0.220 e. The lowest BCUT2D eigenvalue weighted by molar-refractivity contribution is -0.213. The van der Waals surface area contributed by atoms with Gasteiger partial charge in [0.15, 0.2) is 6.29 Å². The summed E-state index contributed by atoms with van der Waals surface area (Å²) in [5.74, 6) is 0.130. The van der Waals surface area contributed by atoms with Gasteiger partial charge in [-0.1, -0.05) is 26.2 Å². The second-order valence-electron chi connectivity index (χ2n) is 6.79. The summed E-state index contributed by atoms with van der Waals surface area (Å²) in [7, 11) is 0. The number of nitrogens with one attached hydrogen (secondary N) is 2. The average molecular weight is 373 g/mol. The lowest BCUT2D eigenvalue weighted by atomic mass is 10.1. The lowest BCUT2D eigenvalue weighted by Crippen LogP contribution is -2.38. The summed E-state index contributed by atoms with van der Waals surface area (Å²) in [6.45, 7) is 4.16. The van der Waals surface area contributed by atoms with E-state index in [4.69, 9.17) is 9.47 Å². The Kier molecular flexibility index (Phi) is 13.1. The first-order valence-corrected chi connectivity index (χ1v) is 10.1. The topological polar surface area (TPSA) is 96.9 Å². The summed E-state index contributed by atoms with van der Waals surface area (Å²) >= 11 is 0. The van der Waals surface area contributed by atoms with Gasteiger partial charge < -0.3 is 25.2 Å². The summed E-state index contributed by atoms with van der Waals surface area (Å²) < 4.78 is 10.8. The number of carbonyl (C=O) groups excluding carboxylic acids is 2. The van der Waals surface area contributed by atoms with Gasteiger partial charge in [-0.2, -0.15) is 0 Å². The minimum absolute atomic E-state index is 0.00214. The molecule has 0 bridgehead atoms. The molecular weight excluding hydrogens is 336 g/mol. The van der Waals surface area contributed by atoms with Gasteiger partial charge in [0, 0.05) is 32.5 Å². The van der Waals surface area contributed by atoms with Crippen molar-refractivity contribution in [2.45, 2.75) is 83.5 Å². The zero-order valence-corrected chi connectivity index (χ0v) is 16.1. The van der Waals surface area contributed by atoms with Crippen LogP contribution in [0.25, 0.3) is 0 Å². The fourth-order valence-corrected chi connectivity index (χ4v) is 2.79. The molecule has 0 unspecified atom stereocenters. The van der Waals surface area contributed by atoms with Crippen molar-refractivity contribution in [2.75, 3.05) is 26.3 Å². The Balaban J connectivity index is 1.88. The summed E-state index contributed by atoms with van der Waals surface area (Å²) in [5, 5.41) is 15.4. The zero-order chi connectivity index (χ0) is 19.0. The molecule has 26 heavy (non-hydrogen) atoms. The van der Waals surface area contributed by atoms with E-state index in [2.05, 4.69) is 17.6 Å². The molecule has 2 atom stereocenters. The Bertz CT molecular complexity index is 392. The minimum atomic E-state index is -0.577. The van der Waals surface area contributed by atoms with Gasteiger partial charge in [-0.3, -0.25) is 9.59 Å². The van der Waals surface area contributed by atoms with E-state index in [0.29, 0.717) is 45.6 Å². The molecule has 1 saturated heterocycles. The van der Waals surface area contributed by atoms with Crippen LogP contribution in [0.2, 0.25) is 0 Å². The summed E-state index contributed by atoms with van der Waals surface area (Å²) in [6, 6.07) is 0. The molecule has 2 amide bonds. The third-order valence-corrected chi connectivity index (χ3v) is 4.36. The van der Waals surface area contributed by atoms with Crippen molar-refractivity contribution < 1.29 is 24.2 Å². The first kappa shape index (κ1) is 22.9. The SMILES string of the molecule is CCCCCC(=O)NCCCCCC(=O)NCCO[C@@H]1OCCC[C@@H]1O. The van der Waals surface area contributed by atoms with E-state index in [-0.39, 0.29) is 11.8 Å². The zero-order valence-electron chi connectivity index (χ0n) is 16.1. The van der Waals surface area contributed by atoms with Gasteiger partial charge in [0.05, 0.1) is 6.61 Å². The summed E-state index contributed by atoms with van der Waals surface area (Å²) in [4.78, 5) is 23.3. The molecular formula is C19H36N2O5. The smallest absolute Gasteiger partial charge is 0.220 e. The number of rotatable bonds is 14. The summed E-state index contributed by atoms with van der Waals surface area (Å²) in [6.07, 6.45) is 7.28. The first-order chi connectivity index (χ1) is 12.6. The fraction of sp³-hybridized carbons (Fsp3) is 0.895. The Labute approximate surface area is 157 Å². The molecule has 0 aliphatic carbocycles. The number of ether oxygens (including phenoxy) is 2. The molecule has 1 aliphatic heterocycles. The third-order valence-electron chi connectivity index (χ3n) is 4.36. The van der Waals surface area contributed by atoms with Crippen LogP contribution in [0.4, 0.5) is 0 Å². The highest BCUT2D eigenvalue weighted by atomic mass is 16.7. The molecule has 1 fully saturated rings. The van der Waals surface area contributed by atoms with Crippen LogP contribution in [-0.2, 0) is 19.1 Å². The van der Waals surface area contributed by atoms with Crippen LogP contribution in [0.3, 0.4) is 0 Å². The summed E-state index contributed by atoms with van der Waals surface area (Å²) in [5.41, 5.74) is 0. The monoisotopic (exact) mass is 372 g/mol. The maximum absolute atomic E-state index is 11.7. The molecule has 0 saturated carbocycles. The largest absolute Gasteiger partial charge is 0.388 e. The van der Waals surface area contributed by atoms with Crippen molar-refractivity contribution in [3.8, 4) is 0 Å². The van der Waals surface area contributed by atoms with Crippen molar-refractivity contribution >= 4 is 11.8 Å². The van der Waals surface area contributed by atoms with Crippen LogP contribution in [0.15, 0.2) is 0 Å². The Morgan fingerprint density at radius 1 is 1.04 bits per heavy atom. The number of hydrogen-bond acceptors (Lipinski definition) is 5. The van der Waals surface area contributed by atoms with Gasteiger partial charge >= 0.3 is 0 Å². The van der Waals surface area contributed by atoms with E-state index in [1.54, 1.807) is 0 Å². The molecule has 0 aromatic carbocycles. The highest BCUT2D eigenvalue weighted by molar-refractivity contribution is 5.76. The van der Waals surface area contributed by atoms with Gasteiger partial charge in [0.25, 0.3) is 0 Å². The van der Waals surface area contributed by atoms with Crippen LogP contribution < -0.4 is 10.6 Å². The van der Waals surface area contributed by atoms with Crippen molar-refractivity contribution in [1.29, 1.82) is 0 Å². The highest BCUT2D eigenvalue weighted by Gasteiger charge is 2.24. The standard InChI is InChI=1S/C19H36N2O5/c1-2-3-5-10-17(23)20-12-7-4-6-11-18(24)21-13-15-26-19-16(22)9-8-14-25-19/h16,19,22H,2-15H2,1H3,(H,20,23)(H,21,24)/t16-,19-/m0/s1. The number of hydrogen-bond donors (Lipinski definition) is 3. The van der Waals surface area contributed by atoms with Crippen LogP contribution in [0.1, 0.15) is 71.1 Å². The third kappa shape index (κ3) is 11.4. The molecule has 7 heteroatoms. The molecule has 1 heterocycles. The molecule has 1 rings (SSSR count). The number of aliphatic hydroxyl groups is 1. The van der Waals surface area contributed by atoms with Gasteiger partial charge in [-0.15, -0.1) is 0 Å². The van der Waals surface area contributed by atoms with E-state index in [1.165, 1.54) is 0 Å². The first-order valence-electron chi connectivity index (χ1n) is 10.1. The average Bonchev–Trinajstić information content (AvgIpc) is 2.63. The Morgan fingerprint density at radius 2 is 1.73 bits per heavy atom. The predicted octanol–water partition coefficient (Wildman–Crippen LogP) is 1.87. The number of carbonyl (C=O) groups is 2. The van der Waals surface area contributed by atoms with Crippen LogP contribution in [0.5, 0.6) is 0 Å². The molecule has 0 spiro atoms. The molecule has 152 valence electrons. The molecule has 3 N–H and O–H groups in total. The minimum Gasteiger partial charge on any atom is -0.388 e. The second kappa shape index (κ2) is 14.9. The van der Waals surface area contributed by atoms with E-state index < -0.39 is 12.4 Å². The molecule has 0 aromatic heterocycles. The predicted molar refractivity (Wildman–Crippen MR) is 99.6 cm³/mol. The van der Waals surface area contributed by atoms with Crippen molar-refractivity contribution in [2.24, 2.45) is 0 Å². The molecule has 7 nitrogen and oxygen atoms in total. The fourth-order valence-electron chi connectivity index (χ4n) is 2.79. The molecule has 0 aromatic rings. The lowest BCUT2D eigenvalue weighted by Gasteiger charge is -2.27. The second-order valence-corrected chi connectivity index (χ2v) is 6.79. The van der Waals surface area contributed by atoms with Crippen molar-refractivity contribution in [3.63, 3.8) is 0 Å². The van der Waals surface area contributed by atoms with E-state index in [9.17, 15) is 14.7 Å². The Morgan fingerprint density at radius 3 is 2.42 bits per heavy atom. The maximum atomic E-state index is 11.7. The van der Waals surface area contributed by atoms with Gasteiger partial charge in [0.1, 0.15) is 6.10 Å². The van der Waals surface area contributed by atoms with Crippen molar-refractivity contribution in [3.05, 3.63) is 0 Å². The normalized spacial score (nSPS) is 19.9. The van der Waals surface area contributed by atoms with Gasteiger partial charge in [0.2, 0.25) is 11.8 Å². The van der Waals surface area contributed by atoms with Crippen LogP contribution >= 0.6 is 0 Å². The number of unbranched alkanes of at least 4 members (excludes halogenated alkanes) is 4. The van der Waals surface area contributed by atoms with Crippen molar-refractivity contribution in [1.82, 2.24) is 10.6 Å². The van der Waals surface area contributed by atoms with Gasteiger partial charge in [-0.25, -0.2) is 0 Å². The van der Waals surface area contributed by atoms with E-state index in [1.807, 2.05) is 0 Å². The molecule has 1 aliphatic rings. The molecule has 0 radical (unpaired) electrons. The van der Waals surface area contributed by atoms with Crippen LogP contribution in [0, 0.1) is 0 Å². The Hall–Kier alpha value is -1.18. The highest BCUT2D eigenvalue weighted by Crippen LogP contribution is 2.14. The van der Waals surface area contributed by atoms with E-state index >= 15 is 0 Å².